The predicted molar refractivity (Wildman–Crippen MR) is 85.8 cm³/mol. The molecule has 0 aromatic heterocycles. The predicted octanol–water partition coefficient (Wildman–Crippen LogP) is 2.69. The lowest BCUT2D eigenvalue weighted by Crippen LogP contribution is -2.46. The molecular formula is C18H24N2O. The average Bonchev–Trinajstić information content (AvgIpc) is 3.05. The van der Waals surface area contributed by atoms with Gasteiger partial charge in [-0.05, 0) is 36.9 Å². The van der Waals surface area contributed by atoms with Crippen LogP contribution in [0.2, 0.25) is 0 Å². The van der Waals surface area contributed by atoms with Gasteiger partial charge in [-0.1, -0.05) is 43.3 Å². The zero-order valence-corrected chi connectivity index (χ0v) is 12.8. The maximum absolute atomic E-state index is 12.9. The molecule has 112 valence electrons. The molecule has 1 amide bonds. The van der Waals surface area contributed by atoms with E-state index in [1.165, 1.54) is 11.1 Å². The van der Waals surface area contributed by atoms with Crippen molar-refractivity contribution in [1.29, 1.82) is 0 Å². The second-order valence-electron chi connectivity index (χ2n) is 6.16. The highest BCUT2D eigenvalue weighted by Crippen LogP contribution is 2.33. The minimum Gasteiger partial charge on any atom is -0.338 e. The van der Waals surface area contributed by atoms with E-state index < -0.39 is 0 Å². The van der Waals surface area contributed by atoms with Gasteiger partial charge >= 0.3 is 0 Å². The van der Waals surface area contributed by atoms with Crippen LogP contribution >= 0.6 is 0 Å². The van der Waals surface area contributed by atoms with E-state index in [1.54, 1.807) is 0 Å². The molecule has 0 spiro atoms. The molecule has 1 atom stereocenters. The van der Waals surface area contributed by atoms with E-state index in [9.17, 15) is 4.79 Å². The molecule has 3 nitrogen and oxygen atoms in total. The van der Waals surface area contributed by atoms with Gasteiger partial charge in [-0.3, -0.25) is 4.79 Å². The molecule has 1 aromatic rings. The van der Waals surface area contributed by atoms with E-state index >= 15 is 0 Å². The molecule has 21 heavy (non-hydrogen) atoms. The Hall–Kier alpha value is -1.61. The third-order valence-electron chi connectivity index (χ3n) is 5.02. The van der Waals surface area contributed by atoms with Gasteiger partial charge in [-0.25, -0.2) is 0 Å². The van der Waals surface area contributed by atoms with Gasteiger partial charge in [0.2, 0.25) is 5.91 Å². The van der Waals surface area contributed by atoms with Crippen LogP contribution in [0, 0.1) is 5.41 Å². The molecule has 1 aromatic carbocycles. The van der Waals surface area contributed by atoms with Crippen molar-refractivity contribution in [2.75, 3.05) is 26.2 Å². The first-order chi connectivity index (χ1) is 10.2. The molecule has 2 heterocycles. The molecular weight excluding hydrogens is 260 g/mol. The molecule has 3 rings (SSSR count). The molecule has 1 saturated heterocycles. The minimum atomic E-state index is -0.155. The monoisotopic (exact) mass is 284 g/mol. The minimum absolute atomic E-state index is 0.155. The molecule has 1 fully saturated rings. The Morgan fingerprint density at radius 1 is 1.33 bits per heavy atom. The number of hydrogen-bond acceptors (Lipinski definition) is 2. The Bertz CT molecular complexity index is 529. The summed E-state index contributed by atoms with van der Waals surface area (Å²) in [6.45, 7) is 5.55. The Kier molecular flexibility index (Phi) is 4.11. The number of amides is 1. The molecule has 0 radical (unpaired) electrons. The topological polar surface area (TPSA) is 32.3 Å². The first kappa shape index (κ1) is 14.3. The third kappa shape index (κ3) is 2.75. The molecule has 0 bridgehead atoms. The van der Waals surface area contributed by atoms with Crippen molar-refractivity contribution >= 4 is 11.5 Å². The third-order valence-corrected chi connectivity index (χ3v) is 5.02. The van der Waals surface area contributed by atoms with Crippen LogP contribution in [0.5, 0.6) is 0 Å². The lowest BCUT2D eigenvalue weighted by molar-refractivity contribution is -0.140. The lowest BCUT2D eigenvalue weighted by Gasteiger charge is -2.35. The van der Waals surface area contributed by atoms with E-state index in [0.29, 0.717) is 5.91 Å². The normalized spacial score (nSPS) is 25.8. The van der Waals surface area contributed by atoms with Crippen LogP contribution in [-0.4, -0.2) is 37.0 Å². The summed E-state index contributed by atoms with van der Waals surface area (Å²) in [5, 5.41) is 3.36. The van der Waals surface area contributed by atoms with Crippen molar-refractivity contribution < 1.29 is 4.79 Å². The zero-order valence-electron chi connectivity index (χ0n) is 12.8. The van der Waals surface area contributed by atoms with Crippen LogP contribution in [0.1, 0.15) is 31.7 Å². The van der Waals surface area contributed by atoms with Crippen molar-refractivity contribution in [3.63, 3.8) is 0 Å². The van der Waals surface area contributed by atoms with Crippen LogP contribution < -0.4 is 5.32 Å². The fourth-order valence-electron chi connectivity index (χ4n) is 3.48. The molecule has 1 N–H and O–H groups in total. The quantitative estimate of drug-likeness (QED) is 0.925. The zero-order chi connectivity index (χ0) is 14.7. The Morgan fingerprint density at radius 3 is 2.71 bits per heavy atom. The summed E-state index contributed by atoms with van der Waals surface area (Å²) in [5.41, 5.74) is 2.50. The van der Waals surface area contributed by atoms with Gasteiger partial charge < -0.3 is 10.2 Å². The van der Waals surface area contributed by atoms with Crippen LogP contribution in [-0.2, 0) is 4.79 Å². The summed E-state index contributed by atoms with van der Waals surface area (Å²) in [4.78, 5) is 14.9. The summed E-state index contributed by atoms with van der Waals surface area (Å²) in [7, 11) is 0. The molecule has 2 aliphatic heterocycles. The van der Waals surface area contributed by atoms with E-state index in [4.69, 9.17) is 0 Å². The molecule has 0 saturated carbocycles. The number of hydrogen-bond donors (Lipinski definition) is 1. The first-order valence-corrected chi connectivity index (χ1v) is 8.00. The summed E-state index contributed by atoms with van der Waals surface area (Å²) in [6.07, 6.45) is 5.10. The van der Waals surface area contributed by atoms with Crippen molar-refractivity contribution in [2.45, 2.75) is 26.2 Å². The van der Waals surface area contributed by atoms with Crippen LogP contribution in [0.25, 0.3) is 5.57 Å². The van der Waals surface area contributed by atoms with Gasteiger partial charge in [0.05, 0.1) is 5.41 Å². The Balaban J connectivity index is 1.70. The van der Waals surface area contributed by atoms with Crippen LogP contribution in [0.15, 0.2) is 36.4 Å². The highest BCUT2D eigenvalue weighted by molar-refractivity contribution is 5.84. The molecule has 1 unspecified atom stereocenters. The second-order valence-corrected chi connectivity index (χ2v) is 6.16. The van der Waals surface area contributed by atoms with Crippen molar-refractivity contribution in [2.24, 2.45) is 5.41 Å². The molecule has 0 aliphatic carbocycles. The van der Waals surface area contributed by atoms with Gasteiger partial charge in [-0.15, -0.1) is 0 Å². The molecule has 3 heteroatoms. The number of rotatable bonds is 3. The van der Waals surface area contributed by atoms with Crippen LogP contribution in [0.3, 0.4) is 0 Å². The van der Waals surface area contributed by atoms with E-state index in [0.717, 1.165) is 45.4 Å². The molecule has 2 aliphatic rings. The van der Waals surface area contributed by atoms with Crippen molar-refractivity contribution in [3.05, 3.63) is 42.0 Å². The Labute approximate surface area is 127 Å². The standard InChI is InChI=1S/C18H24N2O/c1-2-18(10-11-19-14-18)17(21)20-12-8-16(9-13-20)15-6-4-3-5-7-15/h3-8,19H,2,9-14H2,1H3. The second kappa shape index (κ2) is 6.02. The van der Waals surface area contributed by atoms with Crippen molar-refractivity contribution in [1.82, 2.24) is 10.2 Å². The van der Waals surface area contributed by atoms with E-state index in [2.05, 4.69) is 42.6 Å². The number of carbonyl (C=O) groups excluding carboxylic acids is 1. The van der Waals surface area contributed by atoms with Crippen molar-refractivity contribution in [3.8, 4) is 0 Å². The first-order valence-electron chi connectivity index (χ1n) is 8.00. The van der Waals surface area contributed by atoms with Gasteiger partial charge in [0.1, 0.15) is 0 Å². The fraction of sp³-hybridized carbons (Fsp3) is 0.500. The highest BCUT2D eigenvalue weighted by atomic mass is 16.2. The highest BCUT2D eigenvalue weighted by Gasteiger charge is 2.42. The van der Waals surface area contributed by atoms with Gasteiger partial charge in [0.25, 0.3) is 0 Å². The smallest absolute Gasteiger partial charge is 0.230 e. The van der Waals surface area contributed by atoms with E-state index in [-0.39, 0.29) is 5.41 Å². The maximum atomic E-state index is 12.9. The largest absolute Gasteiger partial charge is 0.338 e. The number of nitrogens with zero attached hydrogens (tertiary/aromatic N) is 1. The van der Waals surface area contributed by atoms with Gasteiger partial charge in [0, 0.05) is 19.6 Å². The number of carbonyl (C=O) groups is 1. The average molecular weight is 284 g/mol. The fourth-order valence-corrected chi connectivity index (χ4v) is 3.48. The summed E-state index contributed by atoms with van der Waals surface area (Å²) in [5.74, 6) is 0.346. The van der Waals surface area contributed by atoms with Gasteiger partial charge in [-0.2, -0.15) is 0 Å². The summed E-state index contributed by atoms with van der Waals surface area (Å²) < 4.78 is 0. The summed E-state index contributed by atoms with van der Waals surface area (Å²) in [6, 6.07) is 10.5. The van der Waals surface area contributed by atoms with E-state index in [1.807, 2.05) is 11.0 Å². The summed E-state index contributed by atoms with van der Waals surface area (Å²) >= 11 is 0. The lowest BCUT2D eigenvalue weighted by atomic mass is 9.82. The number of nitrogens with one attached hydrogen (secondary N) is 1. The van der Waals surface area contributed by atoms with Gasteiger partial charge in [0.15, 0.2) is 0 Å². The maximum Gasteiger partial charge on any atom is 0.230 e. The van der Waals surface area contributed by atoms with Crippen LogP contribution in [0.4, 0.5) is 0 Å². The number of benzene rings is 1. The Morgan fingerprint density at radius 2 is 2.14 bits per heavy atom. The SMILES string of the molecule is CCC1(C(=O)N2CC=C(c3ccccc3)CC2)CCNC1.